The number of benzene rings is 1. The van der Waals surface area contributed by atoms with Crippen molar-refractivity contribution in [3.63, 3.8) is 0 Å². The van der Waals surface area contributed by atoms with Crippen LogP contribution in [0, 0.1) is 16.0 Å². The van der Waals surface area contributed by atoms with Gasteiger partial charge in [0, 0.05) is 30.1 Å². The Kier molecular flexibility index (Phi) is 6.66. The monoisotopic (exact) mass is 359 g/mol. The Labute approximate surface area is 141 Å². The number of rotatable bonds is 7. The number of ketones is 1. The normalized spacial score (nSPS) is 12.9. The van der Waals surface area contributed by atoms with E-state index < -0.39 is 28.8 Å². The highest BCUT2D eigenvalue weighted by atomic mass is 19.4. The number of nitro groups is 1. The first-order valence-corrected chi connectivity index (χ1v) is 7.11. The van der Waals surface area contributed by atoms with Crippen molar-refractivity contribution in [1.82, 2.24) is 5.32 Å². The number of allylic oxidation sites excluding steroid dienone is 1. The van der Waals surface area contributed by atoms with Gasteiger partial charge < -0.3 is 10.6 Å². The Hall–Kier alpha value is -2.91. The third-order valence-electron chi connectivity index (χ3n) is 3.06. The molecule has 1 aromatic carbocycles. The number of carbonyl (C=O) groups is 2. The Morgan fingerprint density at radius 2 is 1.92 bits per heavy atom. The molecule has 0 aliphatic carbocycles. The molecular weight excluding hydrogens is 343 g/mol. The van der Waals surface area contributed by atoms with Gasteiger partial charge in [-0.3, -0.25) is 19.7 Å². The standard InChI is InChI=1S/C15H16F3N3O4/c1-9(2)13(19-7-6-12(22)15(16,17)18)14(23)20-10-4-3-5-11(8-10)21(24)25/h3-9,13,19H,1-2H3,(H,20,23). The second-order valence-electron chi connectivity index (χ2n) is 5.38. The first kappa shape index (κ1) is 20.1. The van der Waals surface area contributed by atoms with Crippen LogP contribution >= 0.6 is 0 Å². The number of carbonyl (C=O) groups excluding carboxylic acids is 2. The first-order valence-electron chi connectivity index (χ1n) is 7.11. The summed E-state index contributed by atoms with van der Waals surface area (Å²) in [4.78, 5) is 33.1. The maximum absolute atomic E-state index is 12.2. The van der Waals surface area contributed by atoms with Crippen LogP contribution in [0.15, 0.2) is 36.5 Å². The molecule has 0 bridgehead atoms. The van der Waals surface area contributed by atoms with Gasteiger partial charge in [0.15, 0.2) is 0 Å². The van der Waals surface area contributed by atoms with E-state index in [2.05, 4.69) is 10.6 Å². The fourth-order valence-electron chi connectivity index (χ4n) is 1.81. The predicted octanol–water partition coefficient (Wildman–Crippen LogP) is 2.79. The highest BCUT2D eigenvalue weighted by Crippen LogP contribution is 2.18. The Morgan fingerprint density at radius 3 is 2.44 bits per heavy atom. The minimum Gasteiger partial charge on any atom is -0.379 e. The van der Waals surface area contributed by atoms with Gasteiger partial charge in [-0.15, -0.1) is 0 Å². The molecule has 7 nitrogen and oxygen atoms in total. The minimum absolute atomic E-state index is 0.169. The van der Waals surface area contributed by atoms with Crippen molar-refractivity contribution in [2.75, 3.05) is 5.32 Å². The van der Waals surface area contributed by atoms with Crippen LogP contribution in [0.5, 0.6) is 0 Å². The molecule has 1 amide bonds. The first-order chi connectivity index (χ1) is 11.5. The van der Waals surface area contributed by atoms with Crippen molar-refractivity contribution < 1.29 is 27.7 Å². The molecule has 1 rings (SSSR count). The van der Waals surface area contributed by atoms with Gasteiger partial charge in [0.1, 0.15) is 6.04 Å². The Balaban J connectivity index is 2.80. The summed E-state index contributed by atoms with van der Waals surface area (Å²) in [7, 11) is 0. The summed E-state index contributed by atoms with van der Waals surface area (Å²) in [5.41, 5.74) is -0.0514. The smallest absolute Gasteiger partial charge is 0.379 e. The molecule has 0 fully saturated rings. The number of non-ortho nitro benzene ring substituents is 1. The largest absolute Gasteiger partial charge is 0.454 e. The number of nitrogens with zero attached hydrogens (tertiary/aromatic N) is 1. The van der Waals surface area contributed by atoms with E-state index >= 15 is 0 Å². The zero-order valence-electron chi connectivity index (χ0n) is 13.3. The minimum atomic E-state index is -4.99. The Morgan fingerprint density at radius 1 is 1.28 bits per heavy atom. The van der Waals surface area contributed by atoms with Gasteiger partial charge in [-0.25, -0.2) is 0 Å². The third kappa shape index (κ3) is 6.24. The van der Waals surface area contributed by atoms with Crippen LogP contribution in [0.3, 0.4) is 0 Å². The van der Waals surface area contributed by atoms with Crippen LogP contribution in [0.2, 0.25) is 0 Å². The summed E-state index contributed by atoms with van der Waals surface area (Å²) in [6.45, 7) is 3.29. The van der Waals surface area contributed by atoms with Crippen LogP contribution in [-0.4, -0.2) is 28.8 Å². The lowest BCUT2D eigenvalue weighted by atomic mass is 10.0. The second kappa shape index (κ2) is 8.27. The van der Waals surface area contributed by atoms with Gasteiger partial charge in [0.25, 0.3) is 11.5 Å². The molecule has 1 unspecified atom stereocenters. The summed E-state index contributed by atoms with van der Waals surface area (Å²) in [5, 5.41) is 15.6. The molecule has 0 aromatic heterocycles. The van der Waals surface area contributed by atoms with Crippen LogP contribution in [-0.2, 0) is 9.59 Å². The number of hydrogen-bond donors (Lipinski definition) is 2. The van der Waals surface area contributed by atoms with Crippen LogP contribution in [0.4, 0.5) is 24.5 Å². The van der Waals surface area contributed by atoms with Crippen molar-refractivity contribution in [1.29, 1.82) is 0 Å². The fraction of sp³-hybridized carbons (Fsp3) is 0.333. The summed E-state index contributed by atoms with van der Waals surface area (Å²) >= 11 is 0. The summed E-state index contributed by atoms with van der Waals surface area (Å²) < 4.78 is 36.4. The molecule has 0 heterocycles. The van der Waals surface area contributed by atoms with Crippen LogP contribution < -0.4 is 10.6 Å². The molecule has 0 radical (unpaired) electrons. The van der Waals surface area contributed by atoms with Gasteiger partial charge in [0.2, 0.25) is 5.91 Å². The Bertz CT molecular complexity index is 687. The molecule has 1 aromatic rings. The number of anilines is 1. The number of nitrogens with one attached hydrogen (secondary N) is 2. The highest BCUT2D eigenvalue weighted by molar-refractivity contribution is 5.96. The van der Waals surface area contributed by atoms with E-state index in [9.17, 15) is 32.9 Å². The number of alkyl halides is 3. The lowest BCUT2D eigenvalue weighted by molar-refractivity contribution is -0.384. The summed E-state index contributed by atoms with van der Waals surface area (Å²) in [5.74, 6) is -2.99. The van der Waals surface area contributed by atoms with E-state index in [1.807, 2.05) is 0 Å². The molecule has 25 heavy (non-hydrogen) atoms. The van der Waals surface area contributed by atoms with E-state index in [1.165, 1.54) is 18.2 Å². The quantitative estimate of drug-likeness (QED) is 0.443. The topological polar surface area (TPSA) is 101 Å². The van der Waals surface area contributed by atoms with E-state index in [-0.39, 0.29) is 23.4 Å². The molecule has 0 aliphatic heterocycles. The molecule has 0 aliphatic rings. The fourth-order valence-corrected chi connectivity index (χ4v) is 1.81. The molecule has 0 saturated carbocycles. The number of halogens is 3. The summed E-state index contributed by atoms with van der Waals surface area (Å²) in [6.07, 6.45) is -3.94. The van der Waals surface area contributed by atoms with Crippen LogP contribution in [0.1, 0.15) is 13.8 Å². The van der Waals surface area contributed by atoms with Crippen molar-refractivity contribution in [3.8, 4) is 0 Å². The average molecular weight is 359 g/mol. The molecule has 0 saturated heterocycles. The van der Waals surface area contributed by atoms with Gasteiger partial charge in [-0.05, 0) is 12.0 Å². The van der Waals surface area contributed by atoms with Gasteiger partial charge in [0.05, 0.1) is 4.92 Å². The highest BCUT2D eigenvalue weighted by Gasteiger charge is 2.36. The lowest BCUT2D eigenvalue weighted by Gasteiger charge is -2.20. The average Bonchev–Trinajstić information content (AvgIpc) is 2.49. The number of hydrogen-bond acceptors (Lipinski definition) is 5. The van der Waals surface area contributed by atoms with E-state index in [0.29, 0.717) is 0 Å². The lowest BCUT2D eigenvalue weighted by Crippen LogP contribution is -2.42. The molecule has 1 atom stereocenters. The number of nitro benzene ring substituents is 1. The molecule has 136 valence electrons. The molecule has 10 heteroatoms. The van der Waals surface area contributed by atoms with Gasteiger partial charge in [-0.1, -0.05) is 19.9 Å². The van der Waals surface area contributed by atoms with E-state index in [0.717, 1.165) is 12.3 Å². The molecule has 2 N–H and O–H groups in total. The zero-order chi connectivity index (χ0) is 19.2. The maximum atomic E-state index is 12.2. The molecule has 0 spiro atoms. The van der Waals surface area contributed by atoms with Crippen LogP contribution in [0.25, 0.3) is 0 Å². The van der Waals surface area contributed by atoms with Gasteiger partial charge in [-0.2, -0.15) is 13.2 Å². The van der Waals surface area contributed by atoms with Crippen molar-refractivity contribution in [2.24, 2.45) is 5.92 Å². The zero-order valence-corrected chi connectivity index (χ0v) is 13.3. The van der Waals surface area contributed by atoms with E-state index in [1.54, 1.807) is 13.8 Å². The SMILES string of the molecule is CC(C)C(NC=CC(=O)C(F)(F)F)C(=O)Nc1cccc([N+](=O)[O-])c1. The van der Waals surface area contributed by atoms with Crippen molar-refractivity contribution in [2.45, 2.75) is 26.1 Å². The van der Waals surface area contributed by atoms with Gasteiger partial charge >= 0.3 is 6.18 Å². The third-order valence-corrected chi connectivity index (χ3v) is 3.06. The van der Waals surface area contributed by atoms with Crippen molar-refractivity contribution in [3.05, 3.63) is 46.7 Å². The predicted molar refractivity (Wildman–Crippen MR) is 83.7 cm³/mol. The number of amides is 1. The van der Waals surface area contributed by atoms with Crippen molar-refractivity contribution >= 4 is 23.1 Å². The maximum Gasteiger partial charge on any atom is 0.454 e. The molecular formula is C15H16F3N3O4. The van der Waals surface area contributed by atoms with E-state index in [4.69, 9.17) is 0 Å². The summed E-state index contributed by atoms with van der Waals surface area (Å²) in [6, 6.07) is 4.27. The second-order valence-corrected chi connectivity index (χ2v) is 5.38.